The summed E-state index contributed by atoms with van der Waals surface area (Å²) < 4.78 is 0. The van der Waals surface area contributed by atoms with Crippen LogP contribution in [0.2, 0.25) is 0 Å². The topological polar surface area (TPSA) is 96.3 Å². The number of hydrogen-bond donors (Lipinski definition) is 3. The van der Waals surface area contributed by atoms with Gasteiger partial charge in [0.15, 0.2) is 0 Å². The Kier molecular flexibility index (Phi) is 5.10. The molecular formula is C14H20N4O3. The van der Waals surface area contributed by atoms with Crippen LogP contribution in [0.15, 0.2) is 18.2 Å². The molecule has 1 unspecified atom stereocenters. The molecule has 1 fully saturated rings. The number of nitro benzene ring substituents is 1. The van der Waals surface area contributed by atoms with Crippen molar-refractivity contribution in [2.24, 2.45) is 0 Å². The average Bonchev–Trinajstić information content (AvgIpc) is 2.75. The number of carbonyl (C=O) groups is 1. The van der Waals surface area contributed by atoms with Crippen LogP contribution in [0, 0.1) is 10.1 Å². The molecule has 1 aromatic carbocycles. The highest BCUT2D eigenvalue weighted by Gasteiger charge is 2.20. The molecule has 0 saturated carbocycles. The van der Waals surface area contributed by atoms with Gasteiger partial charge in [0.25, 0.3) is 11.6 Å². The molecule has 114 valence electrons. The van der Waals surface area contributed by atoms with Crippen molar-refractivity contribution in [1.29, 1.82) is 0 Å². The van der Waals surface area contributed by atoms with Crippen molar-refractivity contribution < 1.29 is 9.72 Å². The van der Waals surface area contributed by atoms with Gasteiger partial charge in [0.2, 0.25) is 0 Å². The Morgan fingerprint density at radius 3 is 2.90 bits per heavy atom. The summed E-state index contributed by atoms with van der Waals surface area (Å²) in [6.45, 7) is 1.89. The molecule has 21 heavy (non-hydrogen) atoms. The van der Waals surface area contributed by atoms with Crippen molar-refractivity contribution in [2.75, 3.05) is 25.5 Å². The van der Waals surface area contributed by atoms with Crippen molar-refractivity contribution in [3.63, 3.8) is 0 Å². The smallest absolute Gasteiger partial charge is 0.293 e. The van der Waals surface area contributed by atoms with E-state index in [1.54, 1.807) is 12.1 Å². The maximum Gasteiger partial charge on any atom is 0.293 e. The number of nitro groups is 1. The standard InChI is InChI=1S/C14H20N4O3/c1-15-14(19)10-4-5-12(13(9-10)18(20)21)17-11-3-2-7-16-8-6-11/h4-5,9,11,16-17H,2-3,6-8H2,1H3,(H,15,19). The molecule has 1 amide bonds. The monoisotopic (exact) mass is 292 g/mol. The predicted molar refractivity (Wildman–Crippen MR) is 80.6 cm³/mol. The molecule has 0 aromatic heterocycles. The van der Waals surface area contributed by atoms with Crippen molar-refractivity contribution in [1.82, 2.24) is 10.6 Å². The number of benzene rings is 1. The summed E-state index contributed by atoms with van der Waals surface area (Å²) in [5, 5.41) is 20.2. The van der Waals surface area contributed by atoms with Gasteiger partial charge in [-0.15, -0.1) is 0 Å². The lowest BCUT2D eigenvalue weighted by atomic mass is 10.1. The highest BCUT2D eigenvalue weighted by Crippen LogP contribution is 2.27. The Labute approximate surface area is 123 Å². The third-order valence-electron chi connectivity index (χ3n) is 3.62. The van der Waals surface area contributed by atoms with Crippen LogP contribution < -0.4 is 16.0 Å². The molecule has 1 atom stereocenters. The first-order valence-corrected chi connectivity index (χ1v) is 7.09. The van der Waals surface area contributed by atoms with Crippen molar-refractivity contribution in [3.8, 4) is 0 Å². The molecule has 0 spiro atoms. The molecule has 7 heteroatoms. The van der Waals surface area contributed by atoms with Gasteiger partial charge in [0.1, 0.15) is 5.69 Å². The first-order valence-electron chi connectivity index (χ1n) is 7.09. The summed E-state index contributed by atoms with van der Waals surface area (Å²) in [6, 6.07) is 4.74. The van der Waals surface area contributed by atoms with Crippen LogP contribution in [0.25, 0.3) is 0 Å². The van der Waals surface area contributed by atoms with E-state index in [1.165, 1.54) is 13.1 Å². The van der Waals surface area contributed by atoms with Crippen LogP contribution in [-0.4, -0.2) is 37.0 Å². The first-order chi connectivity index (χ1) is 10.1. The van der Waals surface area contributed by atoms with Gasteiger partial charge in [-0.3, -0.25) is 14.9 Å². The van der Waals surface area contributed by atoms with Crippen LogP contribution in [0.5, 0.6) is 0 Å². The molecule has 3 N–H and O–H groups in total. The zero-order chi connectivity index (χ0) is 15.2. The quantitative estimate of drug-likeness (QED) is 0.577. The van der Waals surface area contributed by atoms with Crippen LogP contribution >= 0.6 is 0 Å². The molecule has 0 radical (unpaired) electrons. The largest absolute Gasteiger partial charge is 0.377 e. The zero-order valence-electron chi connectivity index (χ0n) is 12.0. The Bertz CT molecular complexity index is 525. The molecule has 1 saturated heterocycles. The van der Waals surface area contributed by atoms with Gasteiger partial charge in [-0.2, -0.15) is 0 Å². The number of carbonyl (C=O) groups excluding carboxylic acids is 1. The lowest BCUT2D eigenvalue weighted by Gasteiger charge is -2.17. The Morgan fingerprint density at radius 1 is 1.38 bits per heavy atom. The third-order valence-corrected chi connectivity index (χ3v) is 3.62. The highest BCUT2D eigenvalue weighted by atomic mass is 16.6. The number of nitrogens with one attached hydrogen (secondary N) is 3. The molecule has 1 aliphatic heterocycles. The number of rotatable bonds is 4. The van der Waals surface area contributed by atoms with Gasteiger partial charge in [0, 0.05) is 24.7 Å². The minimum atomic E-state index is -0.455. The molecular weight excluding hydrogens is 272 g/mol. The molecule has 1 aliphatic rings. The molecule has 1 heterocycles. The van der Waals surface area contributed by atoms with Crippen LogP contribution in [0.3, 0.4) is 0 Å². The average molecular weight is 292 g/mol. The molecule has 7 nitrogen and oxygen atoms in total. The molecule has 0 aliphatic carbocycles. The second-order valence-corrected chi connectivity index (χ2v) is 5.09. The maximum absolute atomic E-state index is 11.6. The summed E-state index contributed by atoms with van der Waals surface area (Å²) >= 11 is 0. The first kappa shape index (κ1) is 15.2. The SMILES string of the molecule is CNC(=O)c1ccc(NC2CCCNCC2)c([N+](=O)[O-])c1. The normalized spacial score (nSPS) is 18.6. The van der Waals surface area contributed by atoms with Crippen LogP contribution in [0.1, 0.15) is 29.6 Å². The van der Waals surface area contributed by atoms with E-state index in [-0.39, 0.29) is 23.2 Å². The number of amides is 1. The molecule has 2 rings (SSSR count). The van der Waals surface area contributed by atoms with E-state index < -0.39 is 4.92 Å². The van der Waals surface area contributed by atoms with E-state index in [0.29, 0.717) is 5.69 Å². The fraction of sp³-hybridized carbons (Fsp3) is 0.500. The lowest BCUT2D eigenvalue weighted by molar-refractivity contribution is -0.384. The summed E-state index contributed by atoms with van der Waals surface area (Å²) in [5.74, 6) is -0.330. The Morgan fingerprint density at radius 2 is 2.19 bits per heavy atom. The van der Waals surface area contributed by atoms with E-state index in [4.69, 9.17) is 0 Å². The van der Waals surface area contributed by atoms with Crippen LogP contribution in [0.4, 0.5) is 11.4 Å². The van der Waals surface area contributed by atoms with Gasteiger partial charge in [-0.1, -0.05) is 0 Å². The van der Waals surface area contributed by atoms with E-state index in [2.05, 4.69) is 16.0 Å². The number of hydrogen-bond acceptors (Lipinski definition) is 5. The summed E-state index contributed by atoms with van der Waals surface area (Å²) in [4.78, 5) is 22.3. The fourth-order valence-electron chi connectivity index (χ4n) is 2.47. The van der Waals surface area contributed by atoms with Gasteiger partial charge in [-0.25, -0.2) is 0 Å². The van der Waals surface area contributed by atoms with Crippen molar-refractivity contribution in [3.05, 3.63) is 33.9 Å². The van der Waals surface area contributed by atoms with Gasteiger partial charge in [0.05, 0.1) is 4.92 Å². The number of nitrogens with zero attached hydrogens (tertiary/aromatic N) is 1. The summed E-state index contributed by atoms with van der Waals surface area (Å²) in [6.07, 6.45) is 2.94. The second kappa shape index (κ2) is 7.03. The molecule has 0 bridgehead atoms. The van der Waals surface area contributed by atoms with E-state index in [9.17, 15) is 14.9 Å². The van der Waals surface area contributed by atoms with Gasteiger partial charge < -0.3 is 16.0 Å². The van der Waals surface area contributed by atoms with Crippen LogP contribution in [-0.2, 0) is 0 Å². The molecule has 1 aromatic rings. The van der Waals surface area contributed by atoms with E-state index in [1.807, 2.05) is 0 Å². The zero-order valence-corrected chi connectivity index (χ0v) is 12.0. The Hall–Kier alpha value is -2.15. The fourth-order valence-corrected chi connectivity index (χ4v) is 2.47. The number of anilines is 1. The summed E-state index contributed by atoms with van der Waals surface area (Å²) in [7, 11) is 1.50. The summed E-state index contributed by atoms with van der Waals surface area (Å²) in [5.41, 5.74) is 0.699. The van der Waals surface area contributed by atoms with Crippen molar-refractivity contribution >= 4 is 17.3 Å². The second-order valence-electron chi connectivity index (χ2n) is 5.09. The third kappa shape index (κ3) is 3.91. The van der Waals surface area contributed by atoms with E-state index in [0.717, 1.165) is 32.4 Å². The van der Waals surface area contributed by atoms with E-state index >= 15 is 0 Å². The minimum absolute atomic E-state index is 0.0618. The van der Waals surface area contributed by atoms with Crippen molar-refractivity contribution in [2.45, 2.75) is 25.3 Å². The minimum Gasteiger partial charge on any atom is -0.377 e. The van der Waals surface area contributed by atoms with Gasteiger partial charge >= 0.3 is 0 Å². The highest BCUT2D eigenvalue weighted by molar-refractivity contribution is 5.95. The maximum atomic E-state index is 11.6. The predicted octanol–water partition coefficient (Wildman–Crippen LogP) is 1.51. The Balaban J connectivity index is 2.21. The lowest BCUT2D eigenvalue weighted by Crippen LogP contribution is -2.22. The van der Waals surface area contributed by atoms with Gasteiger partial charge in [-0.05, 0) is 44.5 Å².